The molecule has 0 aliphatic heterocycles. The third-order valence-corrected chi connectivity index (χ3v) is 2.02. The summed E-state index contributed by atoms with van der Waals surface area (Å²) in [4.78, 5) is 11.3. The van der Waals surface area contributed by atoms with Crippen molar-refractivity contribution in [1.29, 1.82) is 0 Å². The molecule has 88 valence electrons. The minimum absolute atomic E-state index is 0.115. The molecule has 0 radical (unpaired) electrons. The second kappa shape index (κ2) is 6.07. The van der Waals surface area contributed by atoms with Gasteiger partial charge in [-0.1, -0.05) is 0 Å². The topological polar surface area (TPSA) is 81.6 Å². The van der Waals surface area contributed by atoms with Crippen molar-refractivity contribution in [2.45, 2.75) is 6.42 Å². The number of nitrogens with one attached hydrogen (secondary N) is 2. The zero-order chi connectivity index (χ0) is 12.0. The van der Waals surface area contributed by atoms with Crippen molar-refractivity contribution >= 4 is 23.3 Å². The van der Waals surface area contributed by atoms with Crippen LogP contribution in [-0.4, -0.2) is 28.7 Å². The summed E-state index contributed by atoms with van der Waals surface area (Å²) >= 11 is 5.45. The van der Waals surface area contributed by atoms with Gasteiger partial charge in [-0.3, -0.25) is 0 Å². The van der Waals surface area contributed by atoms with Gasteiger partial charge >= 0.3 is 6.03 Å². The van der Waals surface area contributed by atoms with E-state index in [1.54, 1.807) is 0 Å². The Morgan fingerprint density at radius 3 is 2.44 bits per heavy atom. The Bertz CT molecular complexity index is 351. The van der Waals surface area contributed by atoms with Gasteiger partial charge in [-0.15, -0.1) is 11.6 Å². The van der Waals surface area contributed by atoms with Crippen LogP contribution in [-0.2, 0) is 0 Å². The molecule has 0 saturated heterocycles. The summed E-state index contributed by atoms with van der Waals surface area (Å²) in [5, 5.41) is 23.4. The molecule has 1 aromatic carbocycles. The number of rotatable bonds is 4. The van der Waals surface area contributed by atoms with Crippen LogP contribution in [0.25, 0.3) is 0 Å². The molecule has 0 saturated carbocycles. The van der Waals surface area contributed by atoms with E-state index in [-0.39, 0.29) is 11.5 Å². The third kappa shape index (κ3) is 4.27. The van der Waals surface area contributed by atoms with Gasteiger partial charge < -0.3 is 20.8 Å². The average Bonchev–Trinajstić information content (AvgIpc) is 2.16. The average molecular weight is 245 g/mol. The molecule has 5 nitrogen and oxygen atoms in total. The van der Waals surface area contributed by atoms with Gasteiger partial charge in [-0.2, -0.15) is 0 Å². The van der Waals surface area contributed by atoms with Gasteiger partial charge in [0.1, 0.15) is 11.5 Å². The second-order valence-corrected chi connectivity index (χ2v) is 3.54. The van der Waals surface area contributed by atoms with Crippen molar-refractivity contribution < 1.29 is 15.0 Å². The van der Waals surface area contributed by atoms with Crippen LogP contribution in [0.3, 0.4) is 0 Å². The highest BCUT2D eigenvalue weighted by atomic mass is 35.5. The molecule has 0 fully saturated rings. The Kier molecular flexibility index (Phi) is 4.72. The van der Waals surface area contributed by atoms with E-state index in [0.717, 1.165) is 0 Å². The van der Waals surface area contributed by atoms with Gasteiger partial charge in [0.25, 0.3) is 0 Å². The Hall–Kier alpha value is -1.62. The van der Waals surface area contributed by atoms with Crippen LogP contribution in [0.15, 0.2) is 18.2 Å². The highest BCUT2D eigenvalue weighted by molar-refractivity contribution is 6.17. The number of hydrogen-bond donors (Lipinski definition) is 4. The van der Waals surface area contributed by atoms with Crippen molar-refractivity contribution in [3.05, 3.63) is 18.2 Å². The molecule has 0 atom stereocenters. The van der Waals surface area contributed by atoms with Crippen LogP contribution < -0.4 is 10.6 Å². The number of phenols is 2. The van der Waals surface area contributed by atoms with E-state index in [1.165, 1.54) is 18.2 Å². The zero-order valence-electron chi connectivity index (χ0n) is 8.53. The van der Waals surface area contributed by atoms with E-state index in [9.17, 15) is 15.0 Å². The molecule has 6 heteroatoms. The first-order chi connectivity index (χ1) is 7.61. The number of benzene rings is 1. The number of halogens is 1. The van der Waals surface area contributed by atoms with E-state index in [2.05, 4.69) is 10.6 Å². The number of aromatic hydroxyl groups is 2. The van der Waals surface area contributed by atoms with Crippen molar-refractivity contribution in [2.24, 2.45) is 0 Å². The van der Waals surface area contributed by atoms with Crippen LogP contribution in [0.5, 0.6) is 11.5 Å². The Morgan fingerprint density at radius 1 is 1.25 bits per heavy atom. The normalized spacial score (nSPS) is 9.81. The molecule has 0 bridgehead atoms. The standard InChI is InChI=1S/C10H13ClN2O3/c11-2-1-3-12-10(16)13-7-4-8(14)6-9(15)5-7/h4-6,14-15H,1-3H2,(H2,12,13,16). The van der Waals surface area contributed by atoms with Crippen molar-refractivity contribution in [1.82, 2.24) is 5.32 Å². The number of hydrogen-bond acceptors (Lipinski definition) is 3. The Balaban J connectivity index is 2.49. The molecule has 0 heterocycles. The predicted octanol–water partition coefficient (Wildman–Crippen LogP) is 1.85. The van der Waals surface area contributed by atoms with Gasteiger partial charge in [-0.25, -0.2) is 4.79 Å². The number of carbonyl (C=O) groups excluding carboxylic acids is 1. The highest BCUT2D eigenvalue weighted by Crippen LogP contribution is 2.23. The molecule has 4 N–H and O–H groups in total. The predicted molar refractivity (Wildman–Crippen MR) is 62.1 cm³/mol. The first kappa shape index (κ1) is 12.4. The first-order valence-electron chi connectivity index (χ1n) is 4.75. The number of amides is 2. The number of anilines is 1. The van der Waals surface area contributed by atoms with Crippen LogP contribution >= 0.6 is 11.6 Å². The fourth-order valence-corrected chi connectivity index (χ4v) is 1.24. The lowest BCUT2D eigenvalue weighted by Crippen LogP contribution is -2.29. The molecule has 0 aliphatic carbocycles. The molecule has 2 amide bonds. The Labute approximate surface area is 98.0 Å². The maximum absolute atomic E-state index is 11.3. The maximum atomic E-state index is 11.3. The highest BCUT2D eigenvalue weighted by Gasteiger charge is 2.03. The molecule has 0 aromatic heterocycles. The monoisotopic (exact) mass is 244 g/mol. The molecular formula is C10H13ClN2O3. The van der Waals surface area contributed by atoms with Gasteiger partial charge in [0.2, 0.25) is 0 Å². The molecule has 1 aromatic rings. The van der Waals surface area contributed by atoms with Crippen LogP contribution in [0.1, 0.15) is 6.42 Å². The summed E-state index contributed by atoms with van der Waals surface area (Å²) in [5.41, 5.74) is 0.320. The summed E-state index contributed by atoms with van der Waals surface area (Å²) in [7, 11) is 0. The minimum atomic E-state index is -0.407. The number of carbonyl (C=O) groups is 1. The number of alkyl halides is 1. The molecule has 1 rings (SSSR count). The maximum Gasteiger partial charge on any atom is 0.319 e. The van der Waals surface area contributed by atoms with E-state index < -0.39 is 6.03 Å². The zero-order valence-corrected chi connectivity index (χ0v) is 9.29. The van der Waals surface area contributed by atoms with Gasteiger partial charge in [0.15, 0.2) is 0 Å². The fourth-order valence-electron chi connectivity index (χ4n) is 1.11. The summed E-state index contributed by atoms with van der Waals surface area (Å²) in [6, 6.07) is 3.44. The quantitative estimate of drug-likeness (QED) is 0.482. The molecule has 0 unspecified atom stereocenters. The Morgan fingerprint density at radius 2 is 1.88 bits per heavy atom. The smallest absolute Gasteiger partial charge is 0.319 e. The van der Waals surface area contributed by atoms with E-state index in [1.807, 2.05) is 0 Å². The third-order valence-electron chi connectivity index (χ3n) is 1.76. The summed E-state index contributed by atoms with van der Waals surface area (Å²) in [6.07, 6.45) is 0.681. The summed E-state index contributed by atoms with van der Waals surface area (Å²) in [5.74, 6) is 0.250. The van der Waals surface area contributed by atoms with E-state index in [0.29, 0.717) is 24.5 Å². The van der Waals surface area contributed by atoms with Gasteiger partial charge in [-0.05, 0) is 6.42 Å². The van der Waals surface area contributed by atoms with Crippen LogP contribution in [0.4, 0.5) is 10.5 Å². The van der Waals surface area contributed by atoms with Crippen molar-refractivity contribution in [3.8, 4) is 11.5 Å². The summed E-state index contributed by atoms with van der Waals surface area (Å²) in [6.45, 7) is 0.472. The fraction of sp³-hybridized carbons (Fsp3) is 0.300. The molecule has 0 spiro atoms. The lowest BCUT2D eigenvalue weighted by molar-refractivity contribution is 0.252. The van der Waals surface area contributed by atoms with Crippen LogP contribution in [0, 0.1) is 0 Å². The van der Waals surface area contributed by atoms with Crippen molar-refractivity contribution in [3.63, 3.8) is 0 Å². The lowest BCUT2D eigenvalue weighted by Gasteiger charge is -2.07. The number of urea groups is 1. The van der Waals surface area contributed by atoms with E-state index in [4.69, 9.17) is 11.6 Å². The largest absolute Gasteiger partial charge is 0.508 e. The van der Waals surface area contributed by atoms with E-state index >= 15 is 0 Å². The van der Waals surface area contributed by atoms with Crippen molar-refractivity contribution in [2.75, 3.05) is 17.7 Å². The lowest BCUT2D eigenvalue weighted by atomic mass is 10.3. The second-order valence-electron chi connectivity index (χ2n) is 3.16. The molecular weight excluding hydrogens is 232 g/mol. The van der Waals surface area contributed by atoms with Gasteiger partial charge in [0, 0.05) is 36.3 Å². The van der Waals surface area contributed by atoms with Crippen LogP contribution in [0.2, 0.25) is 0 Å². The first-order valence-corrected chi connectivity index (χ1v) is 5.29. The summed E-state index contributed by atoms with van der Waals surface area (Å²) < 4.78 is 0. The van der Waals surface area contributed by atoms with Gasteiger partial charge in [0.05, 0.1) is 0 Å². The number of phenolic OH excluding ortho intramolecular Hbond substituents is 2. The molecule has 0 aliphatic rings. The SMILES string of the molecule is O=C(NCCCCl)Nc1cc(O)cc(O)c1. The minimum Gasteiger partial charge on any atom is -0.508 e. The molecule has 16 heavy (non-hydrogen) atoms.